The minimum Gasteiger partial charge on any atom is -0.395 e. The van der Waals surface area contributed by atoms with E-state index >= 15 is 0 Å². The fraction of sp³-hybridized carbons (Fsp3) is 0.235. The quantitative estimate of drug-likeness (QED) is 0.435. The maximum atomic E-state index is 12.7. The normalized spacial score (nSPS) is 11.6. The summed E-state index contributed by atoms with van der Waals surface area (Å²) in [5, 5.41) is 23.8. The van der Waals surface area contributed by atoms with Crippen LogP contribution in [0, 0.1) is 10.1 Å². The molecule has 0 radical (unpaired) electrons. The van der Waals surface area contributed by atoms with Gasteiger partial charge in [-0.2, -0.15) is 18.3 Å². The van der Waals surface area contributed by atoms with Gasteiger partial charge in [0.05, 0.1) is 23.3 Å². The summed E-state index contributed by atoms with van der Waals surface area (Å²) in [6.07, 6.45) is -3.28. The van der Waals surface area contributed by atoms with Gasteiger partial charge in [0.1, 0.15) is 5.69 Å². The number of hydrogen-bond acceptors (Lipinski definition) is 6. The minimum atomic E-state index is -4.67. The van der Waals surface area contributed by atoms with Gasteiger partial charge in [0.2, 0.25) is 0 Å². The van der Waals surface area contributed by atoms with Crippen LogP contribution in [0.2, 0.25) is 0 Å². The molecule has 2 aromatic rings. The molecule has 10 heteroatoms. The van der Waals surface area contributed by atoms with E-state index in [1.807, 2.05) is 11.9 Å². The van der Waals surface area contributed by atoms with E-state index in [4.69, 9.17) is 5.11 Å². The number of hydrogen-bond donors (Lipinski definition) is 2. The molecule has 0 aromatic heterocycles. The van der Waals surface area contributed by atoms with Crippen LogP contribution in [0.25, 0.3) is 0 Å². The van der Waals surface area contributed by atoms with Crippen LogP contribution in [-0.4, -0.2) is 36.4 Å². The van der Waals surface area contributed by atoms with Gasteiger partial charge in [0.25, 0.3) is 5.69 Å². The van der Waals surface area contributed by atoms with Gasteiger partial charge in [-0.1, -0.05) is 12.1 Å². The number of alkyl halides is 3. The lowest BCUT2D eigenvalue weighted by Crippen LogP contribution is -2.20. The van der Waals surface area contributed by atoms with Crippen molar-refractivity contribution in [3.63, 3.8) is 0 Å². The molecular weight excluding hydrogens is 365 g/mol. The Labute approximate surface area is 152 Å². The zero-order valence-corrected chi connectivity index (χ0v) is 14.3. The molecule has 0 aliphatic rings. The van der Waals surface area contributed by atoms with Gasteiger partial charge in [-0.05, 0) is 29.8 Å². The lowest BCUT2D eigenvalue weighted by atomic mass is 10.1. The van der Waals surface area contributed by atoms with E-state index in [-0.39, 0.29) is 12.3 Å². The Balaban J connectivity index is 2.12. The molecule has 144 valence electrons. The number of nitro groups is 1. The molecule has 0 amide bonds. The SMILES string of the molecule is CN(CCO)c1ccc(/C=N/Nc2ccc(C(F)(F)F)cc2[N+](=O)[O-])cc1. The summed E-state index contributed by atoms with van der Waals surface area (Å²) < 4.78 is 38.1. The highest BCUT2D eigenvalue weighted by Crippen LogP contribution is 2.34. The number of rotatable bonds is 7. The average molecular weight is 382 g/mol. The van der Waals surface area contributed by atoms with Crippen LogP contribution in [-0.2, 0) is 6.18 Å². The van der Waals surface area contributed by atoms with Crippen LogP contribution >= 0.6 is 0 Å². The number of nitrogens with zero attached hydrogens (tertiary/aromatic N) is 3. The monoisotopic (exact) mass is 382 g/mol. The van der Waals surface area contributed by atoms with Crippen molar-refractivity contribution in [3.8, 4) is 0 Å². The van der Waals surface area contributed by atoms with Crippen LogP contribution in [0.15, 0.2) is 47.6 Å². The van der Waals surface area contributed by atoms with Crippen molar-refractivity contribution in [2.75, 3.05) is 30.5 Å². The molecule has 0 saturated carbocycles. The van der Waals surface area contributed by atoms with Gasteiger partial charge in [0.15, 0.2) is 0 Å². The van der Waals surface area contributed by atoms with E-state index in [0.717, 1.165) is 17.8 Å². The first-order valence-corrected chi connectivity index (χ1v) is 7.79. The molecule has 0 unspecified atom stereocenters. The summed E-state index contributed by atoms with van der Waals surface area (Å²) in [7, 11) is 1.82. The Hall–Kier alpha value is -3.14. The van der Waals surface area contributed by atoms with Gasteiger partial charge in [0, 0.05) is 25.3 Å². The van der Waals surface area contributed by atoms with Crippen LogP contribution < -0.4 is 10.3 Å². The zero-order chi connectivity index (χ0) is 20.0. The number of hydrazone groups is 1. The third-order valence-corrected chi connectivity index (χ3v) is 3.69. The molecule has 0 saturated heterocycles. The van der Waals surface area contributed by atoms with Crippen LogP contribution in [0.3, 0.4) is 0 Å². The first kappa shape index (κ1) is 20.2. The second-order valence-electron chi connectivity index (χ2n) is 5.59. The zero-order valence-electron chi connectivity index (χ0n) is 14.3. The first-order valence-electron chi connectivity index (χ1n) is 7.79. The van der Waals surface area contributed by atoms with Crippen LogP contribution in [0.4, 0.5) is 30.2 Å². The largest absolute Gasteiger partial charge is 0.416 e. The standard InChI is InChI=1S/C17H17F3N4O3/c1-23(8-9-25)14-5-2-12(3-6-14)11-21-22-15-7-4-13(17(18,19)20)10-16(15)24(26)27/h2-7,10-11,22,25H,8-9H2,1H3/b21-11+. The summed E-state index contributed by atoms with van der Waals surface area (Å²) in [4.78, 5) is 12.0. The molecule has 0 bridgehead atoms. The van der Waals surface area contributed by atoms with Crippen molar-refractivity contribution in [2.45, 2.75) is 6.18 Å². The topological polar surface area (TPSA) is 91.0 Å². The van der Waals surface area contributed by atoms with Crippen LogP contribution in [0.1, 0.15) is 11.1 Å². The molecule has 0 aliphatic carbocycles. The lowest BCUT2D eigenvalue weighted by Gasteiger charge is -2.17. The van der Waals surface area contributed by atoms with E-state index in [1.54, 1.807) is 24.3 Å². The molecule has 0 aliphatic heterocycles. The third-order valence-electron chi connectivity index (χ3n) is 3.69. The van der Waals surface area contributed by atoms with Gasteiger partial charge in [-0.25, -0.2) is 0 Å². The first-order chi connectivity index (χ1) is 12.7. The number of likely N-dealkylation sites (N-methyl/N-ethyl adjacent to an activating group) is 1. The smallest absolute Gasteiger partial charge is 0.395 e. The second-order valence-corrected chi connectivity index (χ2v) is 5.59. The minimum absolute atomic E-state index is 0.0234. The number of benzene rings is 2. The van der Waals surface area contributed by atoms with E-state index in [9.17, 15) is 23.3 Å². The Kier molecular flexibility index (Phi) is 6.35. The molecular formula is C17H17F3N4O3. The number of anilines is 2. The molecule has 2 N–H and O–H groups in total. The Morgan fingerprint density at radius 1 is 1.26 bits per heavy atom. The lowest BCUT2D eigenvalue weighted by molar-refractivity contribution is -0.384. The predicted octanol–water partition coefficient (Wildman–Crippen LogP) is 3.49. The van der Waals surface area contributed by atoms with Crippen molar-refractivity contribution < 1.29 is 23.2 Å². The van der Waals surface area contributed by atoms with Gasteiger partial charge in [-0.15, -0.1) is 0 Å². The van der Waals surface area contributed by atoms with Crippen LogP contribution in [0.5, 0.6) is 0 Å². The molecule has 0 atom stereocenters. The van der Waals surface area contributed by atoms with Gasteiger partial charge in [-0.3, -0.25) is 15.5 Å². The van der Waals surface area contributed by atoms with Gasteiger partial charge < -0.3 is 10.0 Å². The highest BCUT2D eigenvalue weighted by molar-refractivity contribution is 5.81. The number of nitro benzene ring substituents is 1. The number of aliphatic hydroxyl groups is 1. The molecule has 2 aromatic carbocycles. The fourth-order valence-corrected chi connectivity index (χ4v) is 2.22. The maximum absolute atomic E-state index is 12.7. The van der Waals surface area contributed by atoms with E-state index in [1.165, 1.54) is 6.21 Å². The van der Waals surface area contributed by atoms with Gasteiger partial charge >= 0.3 is 6.18 Å². The molecule has 27 heavy (non-hydrogen) atoms. The summed E-state index contributed by atoms with van der Waals surface area (Å²) in [6, 6.07) is 9.27. The van der Waals surface area contributed by atoms with Crippen molar-refractivity contribution in [1.82, 2.24) is 0 Å². The number of halogens is 3. The van der Waals surface area contributed by atoms with E-state index in [0.29, 0.717) is 18.2 Å². The fourth-order valence-electron chi connectivity index (χ4n) is 2.22. The van der Waals surface area contributed by atoms with E-state index in [2.05, 4.69) is 10.5 Å². The molecule has 0 spiro atoms. The highest BCUT2D eigenvalue weighted by atomic mass is 19.4. The third kappa shape index (κ3) is 5.42. The Morgan fingerprint density at radius 2 is 1.93 bits per heavy atom. The van der Waals surface area contributed by atoms with Crippen molar-refractivity contribution in [3.05, 3.63) is 63.7 Å². The summed E-state index contributed by atoms with van der Waals surface area (Å²) in [6.45, 7) is 0.502. The van der Waals surface area contributed by atoms with E-state index < -0.39 is 22.4 Å². The molecule has 0 heterocycles. The summed E-state index contributed by atoms with van der Waals surface area (Å²) >= 11 is 0. The maximum Gasteiger partial charge on any atom is 0.416 e. The van der Waals surface area contributed by atoms with Crippen molar-refractivity contribution in [2.24, 2.45) is 5.10 Å². The Morgan fingerprint density at radius 3 is 2.48 bits per heavy atom. The highest BCUT2D eigenvalue weighted by Gasteiger charge is 2.33. The number of aliphatic hydroxyl groups excluding tert-OH is 1. The summed E-state index contributed by atoms with van der Waals surface area (Å²) in [5.74, 6) is 0. The Bertz CT molecular complexity index is 823. The van der Waals surface area contributed by atoms with Crippen molar-refractivity contribution in [1.29, 1.82) is 0 Å². The summed E-state index contributed by atoms with van der Waals surface area (Å²) in [5.41, 5.74) is 1.98. The second kappa shape index (κ2) is 8.49. The molecule has 0 fully saturated rings. The predicted molar refractivity (Wildman–Crippen MR) is 96.1 cm³/mol. The molecule has 2 rings (SSSR count). The number of nitrogens with one attached hydrogen (secondary N) is 1. The van der Waals surface area contributed by atoms with Crippen molar-refractivity contribution >= 4 is 23.3 Å². The molecule has 7 nitrogen and oxygen atoms in total. The average Bonchev–Trinajstić information content (AvgIpc) is 2.61.